The number of thiophene rings is 1. The molecule has 5 unspecified atom stereocenters. The molecule has 3 heteroatoms. The summed E-state index contributed by atoms with van der Waals surface area (Å²) in [6.07, 6.45) is 4.04. The van der Waals surface area contributed by atoms with Gasteiger partial charge in [0.25, 0.3) is 0 Å². The van der Waals surface area contributed by atoms with Gasteiger partial charge in [-0.2, -0.15) is 0 Å². The molecule has 16 heavy (non-hydrogen) atoms. The minimum atomic E-state index is -0.240. The van der Waals surface area contributed by atoms with Crippen LogP contribution >= 0.6 is 22.9 Å². The highest BCUT2D eigenvalue weighted by Crippen LogP contribution is 2.72. The molecule has 0 amide bonds. The second-order valence-electron chi connectivity index (χ2n) is 5.65. The van der Waals surface area contributed by atoms with Crippen LogP contribution in [0.15, 0.2) is 12.1 Å². The molecule has 3 fully saturated rings. The van der Waals surface area contributed by atoms with Gasteiger partial charge < -0.3 is 5.11 Å². The van der Waals surface area contributed by atoms with Crippen LogP contribution in [0, 0.1) is 29.6 Å². The summed E-state index contributed by atoms with van der Waals surface area (Å²) in [4.78, 5) is 1.07. The number of hydrogen-bond donors (Lipinski definition) is 1. The standard InChI is InChI=1S/C13H15ClOS/c14-9-4-3-8(16-9)13(15)12-10-6-1-2-7(5-6)11(10)12/h3-4,6-7,10-13,15H,1-2,5H2. The van der Waals surface area contributed by atoms with Gasteiger partial charge in [0, 0.05) is 4.88 Å². The van der Waals surface area contributed by atoms with Crippen LogP contribution in [-0.2, 0) is 0 Å². The van der Waals surface area contributed by atoms with E-state index in [1.165, 1.54) is 19.3 Å². The Hall–Kier alpha value is -0.0500. The lowest BCUT2D eigenvalue weighted by Crippen LogP contribution is -2.06. The average Bonchev–Trinajstić information content (AvgIpc) is 2.68. The third-order valence-electron chi connectivity index (χ3n) is 5.04. The fraction of sp³-hybridized carbons (Fsp3) is 0.692. The largest absolute Gasteiger partial charge is 0.387 e. The summed E-state index contributed by atoms with van der Waals surface area (Å²) in [6, 6.07) is 3.89. The summed E-state index contributed by atoms with van der Waals surface area (Å²) < 4.78 is 0.794. The fourth-order valence-electron chi connectivity index (χ4n) is 4.49. The number of halogens is 1. The molecule has 86 valence electrons. The summed E-state index contributed by atoms with van der Waals surface area (Å²) in [6.45, 7) is 0. The van der Waals surface area contributed by atoms with Gasteiger partial charge in [0.2, 0.25) is 0 Å². The molecule has 0 aromatic carbocycles. The lowest BCUT2D eigenvalue weighted by atomic mass is 9.98. The Morgan fingerprint density at radius 3 is 2.50 bits per heavy atom. The van der Waals surface area contributed by atoms with Crippen molar-refractivity contribution in [2.45, 2.75) is 25.4 Å². The predicted molar refractivity (Wildman–Crippen MR) is 65.6 cm³/mol. The van der Waals surface area contributed by atoms with Crippen LogP contribution in [0.5, 0.6) is 0 Å². The van der Waals surface area contributed by atoms with Gasteiger partial charge in [-0.15, -0.1) is 11.3 Å². The minimum absolute atomic E-state index is 0.240. The second-order valence-corrected chi connectivity index (χ2v) is 7.40. The van der Waals surface area contributed by atoms with Crippen molar-refractivity contribution in [1.82, 2.24) is 0 Å². The Kier molecular flexibility index (Phi) is 2.01. The molecule has 1 heterocycles. The van der Waals surface area contributed by atoms with Crippen molar-refractivity contribution in [3.8, 4) is 0 Å². The van der Waals surface area contributed by atoms with Crippen LogP contribution < -0.4 is 0 Å². The van der Waals surface area contributed by atoms with Crippen molar-refractivity contribution in [2.75, 3.05) is 0 Å². The second kappa shape index (κ2) is 3.24. The Bertz CT molecular complexity index is 413. The zero-order chi connectivity index (χ0) is 10.9. The van der Waals surface area contributed by atoms with Gasteiger partial charge in [-0.1, -0.05) is 11.6 Å². The first kappa shape index (κ1) is 9.93. The molecule has 0 radical (unpaired) electrons. The fourth-order valence-corrected chi connectivity index (χ4v) is 5.60. The first-order chi connectivity index (χ1) is 7.75. The van der Waals surface area contributed by atoms with E-state index in [2.05, 4.69) is 0 Å². The Morgan fingerprint density at radius 2 is 1.94 bits per heavy atom. The van der Waals surface area contributed by atoms with Gasteiger partial charge in [-0.25, -0.2) is 0 Å². The van der Waals surface area contributed by atoms with Gasteiger partial charge in [-0.3, -0.25) is 0 Å². The Balaban J connectivity index is 1.57. The monoisotopic (exact) mass is 254 g/mol. The smallest absolute Gasteiger partial charge is 0.0932 e. The van der Waals surface area contributed by atoms with Crippen molar-refractivity contribution in [2.24, 2.45) is 29.6 Å². The Labute approximate surface area is 104 Å². The molecular weight excluding hydrogens is 240 g/mol. The van der Waals surface area contributed by atoms with Gasteiger partial charge in [0.05, 0.1) is 10.4 Å². The van der Waals surface area contributed by atoms with Crippen molar-refractivity contribution in [3.63, 3.8) is 0 Å². The molecule has 1 aromatic rings. The van der Waals surface area contributed by atoms with E-state index in [1.807, 2.05) is 12.1 Å². The molecule has 0 saturated heterocycles. The lowest BCUT2D eigenvalue weighted by Gasteiger charge is -2.13. The number of hydrogen-bond acceptors (Lipinski definition) is 2. The maximum atomic E-state index is 10.4. The molecule has 0 spiro atoms. The van der Waals surface area contributed by atoms with E-state index in [4.69, 9.17) is 11.6 Å². The van der Waals surface area contributed by atoms with Crippen LogP contribution in [0.25, 0.3) is 0 Å². The molecule has 1 N–H and O–H groups in total. The maximum absolute atomic E-state index is 10.4. The first-order valence-electron chi connectivity index (χ1n) is 6.19. The number of aliphatic hydroxyl groups excluding tert-OH is 1. The summed E-state index contributed by atoms with van der Waals surface area (Å²) in [7, 11) is 0. The number of rotatable bonds is 2. The van der Waals surface area contributed by atoms with E-state index in [-0.39, 0.29) is 6.10 Å². The maximum Gasteiger partial charge on any atom is 0.0932 e. The first-order valence-corrected chi connectivity index (χ1v) is 7.38. The molecule has 2 bridgehead atoms. The van der Waals surface area contributed by atoms with E-state index in [0.717, 1.165) is 32.9 Å². The highest BCUT2D eigenvalue weighted by molar-refractivity contribution is 7.16. The van der Waals surface area contributed by atoms with Crippen LogP contribution in [0.4, 0.5) is 0 Å². The molecule has 5 atom stereocenters. The van der Waals surface area contributed by atoms with E-state index in [1.54, 1.807) is 11.3 Å². The van der Waals surface area contributed by atoms with Crippen molar-refractivity contribution in [1.29, 1.82) is 0 Å². The summed E-state index contributed by atoms with van der Waals surface area (Å²) in [5.74, 6) is 4.11. The minimum Gasteiger partial charge on any atom is -0.387 e. The number of fused-ring (bicyclic) bond motifs is 5. The van der Waals surface area contributed by atoms with E-state index < -0.39 is 0 Å². The van der Waals surface area contributed by atoms with E-state index in [9.17, 15) is 5.11 Å². The molecular formula is C13H15ClOS. The molecule has 3 aliphatic rings. The highest BCUT2D eigenvalue weighted by Gasteiger charge is 2.66. The highest BCUT2D eigenvalue weighted by atomic mass is 35.5. The third kappa shape index (κ3) is 1.21. The molecule has 4 rings (SSSR count). The van der Waals surface area contributed by atoms with Crippen LogP contribution in [0.3, 0.4) is 0 Å². The summed E-state index contributed by atoms with van der Waals surface area (Å²) >= 11 is 7.47. The Morgan fingerprint density at radius 1 is 1.25 bits per heavy atom. The van der Waals surface area contributed by atoms with Crippen molar-refractivity contribution in [3.05, 3.63) is 21.3 Å². The van der Waals surface area contributed by atoms with E-state index >= 15 is 0 Å². The van der Waals surface area contributed by atoms with Gasteiger partial charge in [-0.05, 0) is 61.0 Å². The predicted octanol–water partition coefficient (Wildman–Crippen LogP) is 3.73. The zero-order valence-electron chi connectivity index (χ0n) is 8.97. The van der Waals surface area contributed by atoms with Gasteiger partial charge in [0.15, 0.2) is 0 Å². The molecule has 3 aliphatic carbocycles. The molecule has 1 nitrogen and oxygen atoms in total. The molecule has 1 aromatic heterocycles. The average molecular weight is 255 g/mol. The molecule has 3 saturated carbocycles. The SMILES string of the molecule is OC(c1ccc(Cl)s1)C1C2C3CCC(C3)C21. The third-order valence-corrected chi connectivity index (χ3v) is 6.35. The quantitative estimate of drug-likeness (QED) is 0.853. The molecule has 0 aliphatic heterocycles. The lowest BCUT2D eigenvalue weighted by molar-refractivity contribution is 0.133. The number of aliphatic hydroxyl groups is 1. The van der Waals surface area contributed by atoms with Crippen LogP contribution in [-0.4, -0.2) is 5.11 Å². The van der Waals surface area contributed by atoms with Crippen LogP contribution in [0.2, 0.25) is 4.34 Å². The van der Waals surface area contributed by atoms with Crippen molar-refractivity contribution >= 4 is 22.9 Å². The van der Waals surface area contributed by atoms with Crippen LogP contribution in [0.1, 0.15) is 30.2 Å². The summed E-state index contributed by atoms with van der Waals surface area (Å²) in [5, 5.41) is 10.4. The normalized spacial score (nSPS) is 45.8. The summed E-state index contributed by atoms with van der Waals surface area (Å²) in [5.41, 5.74) is 0. The van der Waals surface area contributed by atoms with Crippen molar-refractivity contribution < 1.29 is 5.11 Å². The topological polar surface area (TPSA) is 20.2 Å². The van der Waals surface area contributed by atoms with Gasteiger partial charge >= 0.3 is 0 Å². The van der Waals surface area contributed by atoms with Gasteiger partial charge in [0.1, 0.15) is 0 Å². The van der Waals surface area contributed by atoms with E-state index in [0.29, 0.717) is 5.92 Å². The zero-order valence-corrected chi connectivity index (χ0v) is 10.5.